The van der Waals surface area contributed by atoms with Crippen molar-refractivity contribution in [3.05, 3.63) is 59.4 Å². The monoisotopic (exact) mass is 378 g/mol. The molecule has 3 rings (SSSR count). The quantitative estimate of drug-likeness (QED) is 0.824. The summed E-state index contributed by atoms with van der Waals surface area (Å²) in [4.78, 5) is 12.3. The van der Waals surface area contributed by atoms with Crippen LogP contribution in [0.4, 0.5) is 10.1 Å². The zero-order valence-corrected chi connectivity index (χ0v) is 15.6. The summed E-state index contributed by atoms with van der Waals surface area (Å²) in [5, 5.41) is 6.26. The zero-order valence-electron chi connectivity index (χ0n) is 14.8. The van der Waals surface area contributed by atoms with E-state index in [4.69, 9.17) is 4.74 Å². The number of anilines is 1. The maximum atomic E-state index is 13.2. The number of halogens is 2. The first-order valence-electron chi connectivity index (χ1n) is 8.61. The maximum absolute atomic E-state index is 13.2. The number of nitrogens with one attached hydrogen (secondary N) is 2. The van der Waals surface area contributed by atoms with Crippen LogP contribution in [0.3, 0.4) is 0 Å². The highest BCUT2D eigenvalue weighted by molar-refractivity contribution is 5.93. The Labute approximate surface area is 159 Å². The van der Waals surface area contributed by atoms with Gasteiger partial charge < -0.3 is 15.4 Å². The van der Waals surface area contributed by atoms with Gasteiger partial charge in [-0.2, -0.15) is 0 Å². The van der Waals surface area contributed by atoms with Crippen LogP contribution in [0, 0.1) is 18.7 Å². The van der Waals surface area contributed by atoms with Crippen LogP contribution in [-0.4, -0.2) is 19.0 Å². The van der Waals surface area contributed by atoms with Gasteiger partial charge in [0.25, 0.3) is 0 Å². The Morgan fingerprint density at radius 1 is 1.31 bits per heavy atom. The molecule has 0 saturated carbocycles. The molecule has 0 aliphatic carbocycles. The molecule has 2 aromatic rings. The number of piperidine rings is 1. The van der Waals surface area contributed by atoms with Gasteiger partial charge in [-0.1, -0.05) is 12.1 Å². The van der Waals surface area contributed by atoms with Crippen LogP contribution < -0.4 is 15.4 Å². The third-order valence-corrected chi connectivity index (χ3v) is 4.42. The Hall–Kier alpha value is -2.11. The molecule has 1 atom stereocenters. The summed E-state index contributed by atoms with van der Waals surface area (Å²) in [7, 11) is 0. The van der Waals surface area contributed by atoms with Crippen LogP contribution in [-0.2, 0) is 11.4 Å². The molecule has 1 aliphatic heterocycles. The number of aryl methyl sites for hydroxylation is 1. The maximum Gasteiger partial charge on any atom is 0.228 e. The first kappa shape index (κ1) is 20.2. The van der Waals surface area contributed by atoms with Crippen molar-refractivity contribution in [1.29, 1.82) is 0 Å². The molecule has 1 saturated heterocycles. The summed E-state index contributed by atoms with van der Waals surface area (Å²) >= 11 is 0. The normalized spacial score (nSPS) is 16.5. The van der Waals surface area contributed by atoms with Gasteiger partial charge in [0, 0.05) is 12.2 Å². The number of carbonyl (C=O) groups excluding carboxylic acids is 1. The van der Waals surface area contributed by atoms with Crippen molar-refractivity contribution in [1.82, 2.24) is 5.32 Å². The van der Waals surface area contributed by atoms with E-state index < -0.39 is 0 Å². The molecular formula is C20H24ClFN2O2. The topological polar surface area (TPSA) is 50.4 Å². The summed E-state index contributed by atoms with van der Waals surface area (Å²) in [6.45, 7) is 3.96. The van der Waals surface area contributed by atoms with Crippen LogP contribution >= 0.6 is 12.4 Å². The number of benzene rings is 2. The highest BCUT2D eigenvalue weighted by Crippen LogP contribution is 2.23. The van der Waals surface area contributed by atoms with Gasteiger partial charge in [-0.25, -0.2) is 4.39 Å². The van der Waals surface area contributed by atoms with Crippen molar-refractivity contribution in [3.8, 4) is 5.75 Å². The van der Waals surface area contributed by atoms with Crippen molar-refractivity contribution in [2.75, 3.05) is 18.4 Å². The van der Waals surface area contributed by atoms with E-state index in [0.717, 1.165) is 42.7 Å². The molecule has 1 amide bonds. The van der Waals surface area contributed by atoms with E-state index in [1.54, 1.807) is 6.07 Å². The summed E-state index contributed by atoms with van der Waals surface area (Å²) in [5.74, 6) is 0.507. The second-order valence-corrected chi connectivity index (χ2v) is 6.43. The second kappa shape index (κ2) is 9.55. The average Bonchev–Trinajstić information content (AvgIpc) is 2.63. The molecule has 4 nitrogen and oxygen atoms in total. The van der Waals surface area contributed by atoms with Crippen molar-refractivity contribution < 1.29 is 13.9 Å². The summed E-state index contributed by atoms with van der Waals surface area (Å²) in [5.41, 5.74) is 2.52. The minimum Gasteiger partial charge on any atom is -0.489 e. The standard InChI is InChI=1S/C20H23FN2O2.ClH/c1-14-10-18(25-13-15-4-2-6-17(21)11-15)7-8-19(14)23-20(24)16-5-3-9-22-12-16;/h2,4,6-8,10-11,16,22H,3,5,9,12-13H2,1H3,(H,23,24);1H. The van der Waals surface area contributed by atoms with Gasteiger partial charge in [-0.15, -0.1) is 12.4 Å². The molecule has 0 radical (unpaired) electrons. The Kier molecular flexibility index (Phi) is 7.42. The van der Waals surface area contributed by atoms with Crippen molar-refractivity contribution >= 4 is 24.0 Å². The number of amides is 1. The first-order chi connectivity index (χ1) is 12.1. The predicted octanol–water partition coefficient (Wildman–Crippen LogP) is 4.07. The minimum absolute atomic E-state index is 0. The Morgan fingerprint density at radius 3 is 2.85 bits per heavy atom. The van der Waals surface area contributed by atoms with E-state index in [2.05, 4.69) is 10.6 Å². The van der Waals surface area contributed by atoms with E-state index >= 15 is 0 Å². The fraction of sp³-hybridized carbons (Fsp3) is 0.350. The molecule has 0 spiro atoms. The molecule has 1 heterocycles. The predicted molar refractivity (Wildman–Crippen MR) is 103 cm³/mol. The summed E-state index contributed by atoms with van der Waals surface area (Å²) in [6.07, 6.45) is 1.95. The SMILES string of the molecule is Cc1cc(OCc2cccc(F)c2)ccc1NC(=O)C1CCCNC1.Cl. The highest BCUT2D eigenvalue weighted by Gasteiger charge is 2.21. The molecule has 2 aromatic carbocycles. The van der Waals surface area contributed by atoms with Gasteiger partial charge >= 0.3 is 0 Å². The lowest BCUT2D eigenvalue weighted by Gasteiger charge is -2.22. The first-order valence-corrected chi connectivity index (χ1v) is 8.61. The van der Waals surface area contributed by atoms with Crippen LogP contribution in [0.25, 0.3) is 0 Å². The largest absolute Gasteiger partial charge is 0.489 e. The molecule has 0 aromatic heterocycles. The average molecular weight is 379 g/mol. The van der Waals surface area contributed by atoms with Crippen LogP contribution in [0.5, 0.6) is 5.75 Å². The summed E-state index contributed by atoms with van der Waals surface area (Å²) in [6, 6.07) is 11.9. The van der Waals surface area contributed by atoms with Gasteiger partial charge in [0.05, 0.1) is 5.92 Å². The van der Waals surface area contributed by atoms with Crippen molar-refractivity contribution in [2.24, 2.45) is 5.92 Å². The Balaban J connectivity index is 0.00000243. The number of carbonyl (C=O) groups is 1. The van der Waals surface area contributed by atoms with Crippen LogP contribution in [0.1, 0.15) is 24.0 Å². The molecule has 26 heavy (non-hydrogen) atoms. The minimum atomic E-state index is -0.271. The molecule has 1 aliphatic rings. The number of rotatable bonds is 5. The van der Waals surface area contributed by atoms with Crippen molar-refractivity contribution in [3.63, 3.8) is 0 Å². The molecule has 1 unspecified atom stereocenters. The van der Waals surface area contributed by atoms with E-state index in [-0.39, 0.29) is 30.0 Å². The lowest BCUT2D eigenvalue weighted by Crippen LogP contribution is -2.37. The molecule has 6 heteroatoms. The van der Waals surface area contributed by atoms with E-state index in [9.17, 15) is 9.18 Å². The molecular weight excluding hydrogens is 355 g/mol. The van der Waals surface area contributed by atoms with Gasteiger partial charge in [0.1, 0.15) is 18.2 Å². The van der Waals surface area contributed by atoms with Gasteiger partial charge in [-0.05, 0) is 67.8 Å². The highest BCUT2D eigenvalue weighted by atomic mass is 35.5. The smallest absolute Gasteiger partial charge is 0.228 e. The molecule has 2 N–H and O–H groups in total. The Morgan fingerprint density at radius 2 is 2.15 bits per heavy atom. The number of ether oxygens (including phenoxy) is 1. The fourth-order valence-electron chi connectivity index (χ4n) is 2.97. The molecule has 140 valence electrons. The fourth-order valence-corrected chi connectivity index (χ4v) is 2.97. The van der Waals surface area contributed by atoms with Gasteiger partial charge in [-0.3, -0.25) is 4.79 Å². The van der Waals surface area contributed by atoms with Gasteiger partial charge in [0.15, 0.2) is 0 Å². The second-order valence-electron chi connectivity index (χ2n) is 6.43. The lowest BCUT2D eigenvalue weighted by molar-refractivity contribution is -0.120. The molecule has 0 bridgehead atoms. The van der Waals surface area contributed by atoms with Gasteiger partial charge in [0.2, 0.25) is 5.91 Å². The van der Waals surface area contributed by atoms with E-state index in [1.165, 1.54) is 12.1 Å². The summed E-state index contributed by atoms with van der Waals surface area (Å²) < 4.78 is 18.9. The van der Waals surface area contributed by atoms with E-state index in [1.807, 2.05) is 31.2 Å². The zero-order chi connectivity index (χ0) is 17.6. The van der Waals surface area contributed by atoms with Crippen molar-refractivity contribution in [2.45, 2.75) is 26.4 Å². The molecule has 1 fully saturated rings. The third kappa shape index (κ3) is 5.44. The van der Waals surface area contributed by atoms with Crippen LogP contribution in [0.2, 0.25) is 0 Å². The number of hydrogen-bond acceptors (Lipinski definition) is 3. The number of hydrogen-bond donors (Lipinski definition) is 2. The lowest BCUT2D eigenvalue weighted by atomic mass is 9.98. The Bertz CT molecular complexity index is 748. The van der Waals surface area contributed by atoms with Crippen LogP contribution in [0.15, 0.2) is 42.5 Å². The van der Waals surface area contributed by atoms with E-state index in [0.29, 0.717) is 12.4 Å². The third-order valence-electron chi connectivity index (χ3n) is 4.42.